The van der Waals surface area contributed by atoms with Crippen molar-refractivity contribution in [2.45, 2.75) is 58.7 Å². The van der Waals surface area contributed by atoms with Crippen molar-refractivity contribution in [3.63, 3.8) is 0 Å². The summed E-state index contributed by atoms with van der Waals surface area (Å²) in [6.07, 6.45) is 0. The molecular weight excluding hydrogens is 200 g/mol. The van der Waals surface area contributed by atoms with Crippen molar-refractivity contribution < 1.29 is 4.74 Å². The smallest absolute Gasteiger partial charge is 0.0600 e. The molecule has 16 heavy (non-hydrogen) atoms. The summed E-state index contributed by atoms with van der Waals surface area (Å²) < 4.78 is 5.80. The second-order valence-corrected chi connectivity index (χ2v) is 6.50. The van der Waals surface area contributed by atoms with E-state index < -0.39 is 0 Å². The molecule has 0 aromatic heterocycles. The summed E-state index contributed by atoms with van der Waals surface area (Å²) in [5.74, 6) is 0. The Labute approximate surface area is 101 Å². The molecule has 1 N–H and O–H groups in total. The van der Waals surface area contributed by atoms with Gasteiger partial charge in [-0.3, -0.25) is 4.90 Å². The maximum absolute atomic E-state index is 5.80. The van der Waals surface area contributed by atoms with Gasteiger partial charge in [0.05, 0.1) is 12.2 Å². The molecule has 0 saturated carbocycles. The average molecular weight is 228 g/mol. The van der Waals surface area contributed by atoms with E-state index in [-0.39, 0.29) is 11.1 Å². The molecule has 0 aliphatic carbocycles. The van der Waals surface area contributed by atoms with E-state index in [4.69, 9.17) is 4.74 Å². The van der Waals surface area contributed by atoms with E-state index >= 15 is 0 Å². The molecule has 1 heterocycles. The molecule has 0 aromatic carbocycles. The number of rotatable bonds is 3. The zero-order chi connectivity index (χ0) is 12.4. The molecule has 0 bridgehead atoms. The van der Waals surface area contributed by atoms with E-state index in [1.165, 1.54) is 0 Å². The SMILES string of the molecule is CC1CN(CCOC(C)(C)C)C(C)(C)CN1. The second-order valence-electron chi connectivity index (χ2n) is 6.50. The van der Waals surface area contributed by atoms with Gasteiger partial charge in [0.2, 0.25) is 0 Å². The number of nitrogens with zero attached hydrogens (tertiary/aromatic N) is 1. The van der Waals surface area contributed by atoms with Crippen molar-refractivity contribution in [3.8, 4) is 0 Å². The Morgan fingerprint density at radius 1 is 1.38 bits per heavy atom. The molecule has 96 valence electrons. The van der Waals surface area contributed by atoms with Gasteiger partial charge >= 0.3 is 0 Å². The average Bonchev–Trinajstić information content (AvgIpc) is 2.09. The van der Waals surface area contributed by atoms with Gasteiger partial charge in [0.1, 0.15) is 0 Å². The zero-order valence-electron chi connectivity index (χ0n) is 11.8. The maximum Gasteiger partial charge on any atom is 0.0600 e. The predicted molar refractivity (Wildman–Crippen MR) is 68.8 cm³/mol. The Bertz CT molecular complexity index is 220. The zero-order valence-corrected chi connectivity index (χ0v) is 11.8. The van der Waals surface area contributed by atoms with Gasteiger partial charge in [-0.25, -0.2) is 0 Å². The van der Waals surface area contributed by atoms with Crippen LogP contribution in [0.4, 0.5) is 0 Å². The normalized spacial score (nSPS) is 27.0. The van der Waals surface area contributed by atoms with Gasteiger partial charge in [0.25, 0.3) is 0 Å². The van der Waals surface area contributed by atoms with Crippen molar-refractivity contribution in [2.75, 3.05) is 26.2 Å². The minimum absolute atomic E-state index is 0.0240. The number of ether oxygens (including phenoxy) is 1. The molecule has 0 amide bonds. The van der Waals surface area contributed by atoms with Crippen molar-refractivity contribution in [1.29, 1.82) is 0 Å². The van der Waals surface area contributed by atoms with Gasteiger partial charge in [-0.05, 0) is 41.5 Å². The fourth-order valence-electron chi connectivity index (χ4n) is 2.03. The van der Waals surface area contributed by atoms with Crippen LogP contribution in [-0.4, -0.2) is 48.3 Å². The number of hydrogen-bond acceptors (Lipinski definition) is 3. The summed E-state index contributed by atoms with van der Waals surface area (Å²) in [7, 11) is 0. The lowest BCUT2D eigenvalue weighted by Crippen LogP contribution is -2.61. The van der Waals surface area contributed by atoms with E-state index in [1.54, 1.807) is 0 Å². The van der Waals surface area contributed by atoms with E-state index in [9.17, 15) is 0 Å². The Kier molecular flexibility index (Phi) is 4.38. The lowest BCUT2D eigenvalue weighted by Gasteiger charge is -2.45. The Balaban J connectivity index is 2.39. The minimum Gasteiger partial charge on any atom is -0.375 e. The molecule has 1 fully saturated rings. The highest BCUT2D eigenvalue weighted by Crippen LogP contribution is 2.18. The van der Waals surface area contributed by atoms with Crippen LogP contribution >= 0.6 is 0 Å². The summed E-state index contributed by atoms with van der Waals surface area (Å²) in [5, 5.41) is 3.53. The van der Waals surface area contributed by atoms with Crippen molar-refractivity contribution in [3.05, 3.63) is 0 Å². The van der Waals surface area contributed by atoms with Crippen LogP contribution in [0.1, 0.15) is 41.5 Å². The molecule has 3 heteroatoms. The lowest BCUT2D eigenvalue weighted by atomic mass is 9.98. The molecule has 0 aromatic rings. The Hall–Kier alpha value is -0.120. The highest BCUT2D eigenvalue weighted by atomic mass is 16.5. The van der Waals surface area contributed by atoms with Crippen LogP contribution < -0.4 is 5.32 Å². The van der Waals surface area contributed by atoms with Crippen LogP contribution in [0.2, 0.25) is 0 Å². The van der Waals surface area contributed by atoms with E-state index in [2.05, 4.69) is 51.8 Å². The van der Waals surface area contributed by atoms with E-state index in [1.807, 2.05) is 0 Å². The van der Waals surface area contributed by atoms with Gasteiger partial charge < -0.3 is 10.1 Å². The minimum atomic E-state index is -0.0240. The lowest BCUT2D eigenvalue weighted by molar-refractivity contribution is -0.0324. The van der Waals surface area contributed by atoms with Gasteiger partial charge in [0, 0.05) is 31.2 Å². The first-order valence-electron chi connectivity index (χ1n) is 6.33. The Morgan fingerprint density at radius 3 is 2.56 bits per heavy atom. The standard InChI is InChI=1S/C13H28N2O/c1-11-9-15(13(5,6)10-14-11)7-8-16-12(2,3)4/h11,14H,7-10H2,1-6H3. The number of piperazine rings is 1. The third-order valence-corrected chi connectivity index (χ3v) is 3.13. The monoisotopic (exact) mass is 228 g/mol. The number of nitrogens with one attached hydrogen (secondary N) is 1. The maximum atomic E-state index is 5.80. The number of hydrogen-bond donors (Lipinski definition) is 1. The summed E-state index contributed by atoms with van der Waals surface area (Å²) in [5.41, 5.74) is 0.220. The van der Waals surface area contributed by atoms with Crippen molar-refractivity contribution in [1.82, 2.24) is 10.2 Å². The van der Waals surface area contributed by atoms with Crippen molar-refractivity contribution >= 4 is 0 Å². The van der Waals surface area contributed by atoms with Crippen molar-refractivity contribution in [2.24, 2.45) is 0 Å². The highest BCUT2D eigenvalue weighted by molar-refractivity contribution is 4.91. The van der Waals surface area contributed by atoms with Gasteiger partial charge in [-0.1, -0.05) is 0 Å². The molecule has 1 aliphatic heterocycles. The Morgan fingerprint density at radius 2 is 2.00 bits per heavy atom. The first kappa shape index (κ1) is 13.9. The first-order valence-corrected chi connectivity index (χ1v) is 6.33. The van der Waals surface area contributed by atoms with E-state index in [0.29, 0.717) is 6.04 Å². The first-order chi connectivity index (χ1) is 7.21. The second kappa shape index (κ2) is 5.03. The van der Waals surface area contributed by atoms with E-state index in [0.717, 1.165) is 26.2 Å². The molecule has 1 aliphatic rings. The molecular formula is C13H28N2O. The summed E-state index contributed by atoms with van der Waals surface area (Å²) in [6, 6.07) is 0.586. The summed E-state index contributed by atoms with van der Waals surface area (Å²) in [6.45, 7) is 17.2. The summed E-state index contributed by atoms with van der Waals surface area (Å²) >= 11 is 0. The molecule has 0 radical (unpaired) electrons. The third-order valence-electron chi connectivity index (χ3n) is 3.13. The molecule has 1 saturated heterocycles. The summed E-state index contributed by atoms with van der Waals surface area (Å²) in [4.78, 5) is 2.53. The fraction of sp³-hybridized carbons (Fsp3) is 1.00. The molecule has 1 atom stereocenters. The highest BCUT2D eigenvalue weighted by Gasteiger charge is 2.32. The van der Waals surface area contributed by atoms with Gasteiger partial charge in [0.15, 0.2) is 0 Å². The fourth-order valence-corrected chi connectivity index (χ4v) is 2.03. The van der Waals surface area contributed by atoms with Gasteiger partial charge in [-0.2, -0.15) is 0 Å². The van der Waals surface area contributed by atoms with Crippen LogP contribution in [0.3, 0.4) is 0 Å². The molecule has 1 rings (SSSR count). The topological polar surface area (TPSA) is 24.5 Å². The predicted octanol–water partition coefficient (Wildman–Crippen LogP) is 1.87. The van der Waals surface area contributed by atoms with Crippen LogP contribution in [0, 0.1) is 0 Å². The van der Waals surface area contributed by atoms with Crippen LogP contribution in [0.25, 0.3) is 0 Å². The quantitative estimate of drug-likeness (QED) is 0.798. The largest absolute Gasteiger partial charge is 0.375 e. The molecule has 0 spiro atoms. The molecule has 3 nitrogen and oxygen atoms in total. The third kappa shape index (κ3) is 4.40. The van der Waals surface area contributed by atoms with Gasteiger partial charge in [-0.15, -0.1) is 0 Å². The molecule has 1 unspecified atom stereocenters. The van der Waals surface area contributed by atoms with Crippen LogP contribution in [-0.2, 0) is 4.74 Å². The van der Waals surface area contributed by atoms with Crippen LogP contribution in [0.5, 0.6) is 0 Å². The van der Waals surface area contributed by atoms with Crippen LogP contribution in [0.15, 0.2) is 0 Å².